The number of likely N-dealkylation sites (tertiary alicyclic amines) is 1. The second-order valence-corrected chi connectivity index (χ2v) is 6.70. The lowest BCUT2D eigenvalue weighted by atomic mass is 9.72. The lowest BCUT2D eigenvalue weighted by molar-refractivity contribution is 0.108. The Morgan fingerprint density at radius 1 is 1.43 bits per heavy atom. The molecule has 2 heterocycles. The minimum Gasteiger partial charge on any atom is -0.361 e. The molecule has 1 fully saturated rings. The number of hydrogen-bond acceptors (Lipinski definition) is 2. The van der Waals surface area contributed by atoms with Crippen LogP contribution in [-0.2, 0) is 6.42 Å². The van der Waals surface area contributed by atoms with E-state index in [0.717, 1.165) is 19.4 Å². The van der Waals surface area contributed by atoms with Crippen LogP contribution in [0.2, 0.25) is 0 Å². The Morgan fingerprint density at radius 3 is 3.19 bits per heavy atom. The van der Waals surface area contributed by atoms with Gasteiger partial charge in [-0.25, -0.2) is 0 Å². The largest absolute Gasteiger partial charge is 0.361 e. The number of nitriles is 1. The summed E-state index contributed by atoms with van der Waals surface area (Å²) in [6, 6.07) is 9.61. The van der Waals surface area contributed by atoms with Gasteiger partial charge in [-0.2, -0.15) is 5.26 Å². The Bertz CT molecular complexity index is 709. The molecule has 1 aromatic carbocycles. The van der Waals surface area contributed by atoms with Crippen molar-refractivity contribution in [3.8, 4) is 6.07 Å². The van der Waals surface area contributed by atoms with Gasteiger partial charge >= 0.3 is 0 Å². The highest BCUT2D eigenvalue weighted by atomic mass is 15.1. The molecule has 0 saturated carbocycles. The van der Waals surface area contributed by atoms with Crippen molar-refractivity contribution in [3.05, 3.63) is 35.5 Å². The van der Waals surface area contributed by atoms with Gasteiger partial charge in [0.05, 0.1) is 6.07 Å². The predicted octanol–water partition coefficient (Wildman–Crippen LogP) is 3.43. The summed E-state index contributed by atoms with van der Waals surface area (Å²) in [6.45, 7) is 1.14. The molecule has 2 unspecified atom stereocenters. The van der Waals surface area contributed by atoms with Crippen molar-refractivity contribution in [2.24, 2.45) is 5.92 Å². The van der Waals surface area contributed by atoms with Gasteiger partial charge in [-0.3, -0.25) is 0 Å². The van der Waals surface area contributed by atoms with Gasteiger partial charge in [-0.1, -0.05) is 12.1 Å². The molecule has 2 aliphatic rings. The summed E-state index contributed by atoms with van der Waals surface area (Å²) in [5.41, 5.74) is 4.28. The van der Waals surface area contributed by atoms with Crippen LogP contribution in [0.4, 0.5) is 0 Å². The van der Waals surface area contributed by atoms with E-state index in [1.807, 2.05) is 0 Å². The van der Waals surface area contributed by atoms with Crippen molar-refractivity contribution < 1.29 is 0 Å². The lowest BCUT2D eigenvalue weighted by Crippen LogP contribution is -2.47. The monoisotopic (exact) mass is 279 g/mol. The summed E-state index contributed by atoms with van der Waals surface area (Å²) in [7, 11) is 2.26. The summed E-state index contributed by atoms with van der Waals surface area (Å²) in [6.07, 6.45) is 6.32. The van der Waals surface area contributed by atoms with Gasteiger partial charge in [0.2, 0.25) is 0 Å². The van der Waals surface area contributed by atoms with Crippen molar-refractivity contribution in [2.75, 3.05) is 13.6 Å². The van der Waals surface area contributed by atoms with Crippen LogP contribution in [0.5, 0.6) is 0 Å². The molecule has 0 bridgehead atoms. The molecule has 1 N–H and O–H groups in total. The zero-order valence-electron chi connectivity index (χ0n) is 12.5. The van der Waals surface area contributed by atoms with E-state index in [9.17, 15) is 0 Å². The first-order chi connectivity index (χ1) is 10.3. The molecule has 0 radical (unpaired) electrons. The first-order valence-corrected chi connectivity index (χ1v) is 7.94. The van der Waals surface area contributed by atoms with Crippen molar-refractivity contribution in [3.63, 3.8) is 0 Å². The lowest BCUT2D eigenvalue weighted by Gasteiger charge is -2.45. The Labute approximate surface area is 125 Å². The van der Waals surface area contributed by atoms with Crippen LogP contribution in [-0.4, -0.2) is 29.5 Å². The SMILES string of the molecule is CN1CC(CCC#N)CC2c3cccc4[nH]cc(c34)C[C@H]21. The van der Waals surface area contributed by atoms with E-state index in [0.29, 0.717) is 24.3 Å². The molecule has 1 aromatic heterocycles. The van der Waals surface area contributed by atoms with Gasteiger partial charge in [0.1, 0.15) is 0 Å². The summed E-state index contributed by atoms with van der Waals surface area (Å²) in [4.78, 5) is 5.96. The number of fused-ring (bicyclic) bond motifs is 2. The van der Waals surface area contributed by atoms with E-state index in [4.69, 9.17) is 5.26 Å². The van der Waals surface area contributed by atoms with E-state index < -0.39 is 0 Å². The zero-order chi connectivity index (χ0) is 14.4. The molecule has 1 saturated heterocycles. The fourth-order valence-corrected chi connectivity index (χ4v) is 4.53. The number of aromatic nitrogens is 1. The van der Waals surface area contributed by atoms with E-state index in [-0.39, 0.29) is 0 Å². The normalized spacial score (nSPS) is 28.3. The van der Waals surface area contributed by atoms with E-state index in [1.54, 1.807) is 0 Å². The maximum absolute atomic E-state index is 8.85. The zero-order valence-corrected chi connectivity index (χ0v) is 12.5. The van der Waals surface area contributed by atoms with Crippen LogP contribution >= 0.6 is 0 Å². The molecule has 3 heteroatoms. The third kappa shape index (κ3) is 1.98. The first kappa shape index (κ1) is 12.9. The molecule has 1 aliphatic carbocycles. The quantitative estimate of drug-likeness (QED) is 0.915. The third-order valence-electron chi connectivity index (χ3n) is 5.48. The number of nitrogens with zero attached hydrogens (tertiary/aromatic N) is 2. The number of hydrogen-bond donors (Lipinski definition) is 1. The average Bonchev–Trinajstić information content (AvgIpc) is 2.91. The Hall–Kier alpha value is -1.79. The number of rotatable bonds is 2. The van der Waals surface area contributed by atoms with Gasteiger partial charge in [-0.05, 0) is 49.4 Å². The Balaban J connectivity index is 1.73. The standard InChI is InChI=1S/C18H21N3/c1-21-11-12(4-3-7-19)8-15-14-5-2-6-16-18(14)13(10-20-16)9-17(15)21/h2,5-6,10,12,15,17,20H,3-4,8-9,11H2,1H3/t12?,15?,17-/m1/s1. The number of aromatic amines is 1. The van der Waals surface area contributed by atoms with Gasteiger partial charge in [0.25, 0.3) is 0 Å². The summed E-state index contributed by atoms with van der Waals surface area (Å²) >= 11 is 0. The molecule has 21 heavy (non-hydrogen) atoms. The van der Waals surface area contributed by atoms with Crippen molar-refractivity contribution in [1.82, 2.24) is 9.88 Å². The van der Waals surface area contributed by atoms with Gasteiger partial charge in [0.15, 0.2) is 0 Å². The highest BCUT2D eigenvalue weighted by molar-refractivity contribution is 5.88. The fraction of sp³-hybridized carbons (Fsp3) is 0.500. The number of nitrogens with one attached hydrogen (secondary N) is 1. The second-order valence-electron chi connectivity index (χ2n) is 6.70. The maximum atomic E-state index is 8.85. The molecule has 0 amide bonds. The number of likely N-dealkylation sites (N-methyl/N-ethyl adjacent to an activating group) is 1. The van der Waals surface area contributed by atoms with Crippen LogP contribution < -0.4 is 0 Å². The molecule has 2 aromatic rings. The highest BCUT2D eigenvalue weighted by Gasteiger charge is 2.38. The van der Waals surface area contributed by atoms with E-state index >= 15 is 0 Å². The minimum absolute atomic E-state index is 0.622. The summed E-state index contributed by atoms with van der Waals surface area (Å²) in [5, 5.41) is 10.3. The van der Waals surface area contributed by atoms with Gasteiger partial charge < -0.3 is 9.88 Å². The van der Waals surface area contributed by atoms with Crippen molar-refractivity contribution in [1.29, 1.82) is 5.26 Å². The molecule has 4 rings (SSSR count). The molecule has 3 atom stereocenters. The number of H-pyrrole nitrogens is 1. The predicted molar refractivity (Wildman–Crippen MR) is 84.1 cm³/mol. The minimum atomic E-state index is 0.622. The average molecular weight is 279 g/mol. The molecular formula is C18H21N3. The van der Waals surface area contributed by atoms with Crippen LogP contribution in [0, 0.1) is 17.2 Å². The fourth-order valence-electron chi connectivity index (χ4n) is 4.53. The van der Waals surface area contributed by atoms with Crippen LogP contribution in [0.1, 0.15) is 36.3 Å². The molecular weight excluding hydrogens is 258 g/mol. The first-order valence-electron chi connectivity index (χ1n) is 7.94. The smallest absolute Gasteiger partial charge is 0.0621 e. The van der Waals surface area contributed by atoms with E-state index in [2.05, 4.69) is 47.4 Å². The van der Waals surface area contributed by atoms with Crippen LogP contribution in [0.3, 0.4) is 0 Å². The topological polar surface area (TPSA) is 42.8 Å². The molecule has 108 valence electrons. The Kier molecular flexibility index (Phi) is 3.01. The number of benzene rings is 1. The maximum Gasteiger partial charge on any atom is 0.0621 e. The van der Waals surface area contributed by atoms with Crippen molar-refractivity contribution >= 4 is 10.9 Å². The second kappa shape index (κ2) is 4.89. The summed E-state index contributed by atoms with van der Waals surface area (Å²) in [5.74, 6) is 1.28. The van der Waals surface area contributed by atoms with Gasteiger partial charge in [0, 0.05) is 42.0 Å². The highest BCUT2D eigenvalue weighted by Crippen LogP contribution is 2.44. The molecule has 3 nitrogen and oxygen atoms in total. The number of piperidine rings is 1. The van der Waals surface area contributed by atoms with Crippen LogP contribution in [0.15, 0.2) is 24.4 Å². The summed E-state index contributed by atoms with van der Waals surface area (Å²) < 4.78 is 0. The van der Waals surface area contributed by atoms with Gasteiger partial charge in [-0.15, -0.1) is 0 Å². The molecule has 1 aliphatic heterocycles. The van der Waals surface area contributed by atoms with Crippen molar-refractivity contribution in [2.45, 2.75) is 37.6 Å². The molecule has 0 spiro atoms. The third-order valence-corrected chi connectivity index (χ3v) is 5.48. The Morgan fingerprint density at radius 2 is 2.33 bits per heavy atom. The van der Waals surface area contributed by atoms with Crippen LogP contribution in [0.25, 0.3) is 10.9 Å². The van der Waals surface area contributed by atoms with E-state index in [1.165, 1.54) is 28.5 Å².